The number of hydrogen-bond acceptors (Lipinski definition) is 2. The molecule has 2 amide bonds. The van der Waals surface area contributed by atoms with Crippen LogP contribution in [0.4, 0.5) is 5.69 Å². The molecular formula is C20H26N2O2. The highest BCUT2D eigenvalue weighted by atomic mass is 16.2. The van der Waals surface area contributed by atoms with Crippen molar-refractivity contribution in [2.75, 3.05) is 11.4 Å². The van der Waals surface area contributed by atoms with Gasteiger partial charge in [0.15, 0.2) is 0 Å². The summed E-state index contributed by atoms with van der Waals surface area (Å²) >= 11 is 0. The van der Waals surface area contributed by atoms with Crippen LogP contribution in [-0.4, -0.2) is 24.4 Å². The monoisotopic (exact) mass is 326 g/mol. The maximum absolute atomic E-state index is 12.7. The number of carbonyl (C=O) groups excluding carboxylic acids is 2. The second-order valence-electron chi connectivity index (χ2n) is 7.83. The zero-order valence-corrected chi connectivity index (χ0v) is 14.5. The molecule has 0 radical (unpaired) electrons. The molecule has 24 heavy (non-hydrogen) atoms. The molecule has 3 fully saturated rings. The minimum Gasteiger partial charge on any atom is -0.353 e. The highest BCUT2D eigenvalue weighted by Crippen LogP contribution is 2.44. The summed E-state index contributed by atoms with van der Waals surface area (Å²) in [5.41, 5.74) is 3.26. The van der Waals surface area contributed by atoms with Crippen LogP contribution in [0.25, 0.3) is 0 Å². The summed E-state index contributed by atoms with van der Waals surface area (Å²) in [7, 11) is 0. The van der Waals surface area contributed by atoms with Gasteiger partial charge in [-0.3, -0.25) is 9.59 Å². The van der Waals surface area contributed by atoms with Gasteiger partial charge in [0.2, 0.25) is 11.8 Å². The van der Waals surface area contributed by atoms with Crippen LogP contribution >= 0.6 is 0 Å². The molecule has 0 unspecified atom stereocenters. The molecule has 0 bridgehead atoms. The minimum atomic E-state index is -0.211. The first kappa shape index (κ1) is 15.7. The van der Waals surface area contributed by atoms with Crippen molar-refractivity contribution in [3.05, 3.63) is 29.3 Å². The van der Waals surface area contributed by atoms with Gasteiger partial charge in [-0.1, -0.05) is 12.1 Å². The molecule has 1 aromatic carbocycles. The zero-order valence-electron chi connectivity index (χ0n) is 14.5. The lowest BCUT2D eigenvalue weighted by atomic mass is 10.0. The van der Waals surface area contributed by atoms with Crippen LogP contribution in [0.5, 0.6) is 0 Å². The first-order valence-corrected chi connectivity index (χ1v) is 9.21. The van der Waals surface area contributed by atoms with Crippen LogP contribution in [0.1, 0.15) is 43.2 Å². The van der Waals surface area contributed by atoms with E-state index in [1.54, 1.807) is 4.90 Å². The van der Waals surface area contributed by atoms with Crippen molar-refractivity contribution in [1.29, 1.82) is 0 Å². The van der Waals surface area contributed by atoms with E-state index in [4.69, 9.17) is 0 Å². The molecule has 1 aromatic rings. The van der Waals surface area contributed by atoms with Crippen molar-refractivity contribution in [1.82, 2.24) is 5.32 Å². The number of rotatable bonds is 5. The van der Waals surface area contributed by atoms with E-state index in [1.807, 2.05) is 19.1 Å². The average molecular weight is 326 g/mol. The summed E-state index contributed by atoms with van der Waals surface area (Å²) in [6.07, 6.45) is 5.33. The second-order valence-corrected chi connectivity index (χ2v) is 7.83. The molecule has 2 saturated carbocycles. The van der Waals surface area contributed by atoms with Gasteiger partial charge in [0.25, 0.3) is 0 Å². The summed E-state index contributed by atoms with van der Waals surface area (Å²) in [6, 6.07) is 6.38. The van der Waals surface area contributed by atoms with Crippen LogP contribution in [0.15, 0.2) is 18.2 Å². The number of hydrogen-bond donors (Lipinski definition) is 1. The second kappa shape index (κ2) is 5.91. The zero-order chi connectivity index (χ0) is 16.8. The molecular weight excluding hydrogens is 300 g/mol. The van der Waals surface area contributed by atoms with Crippen molar-refractivity contribution in [3.8, 4) is 0 Å². The molecule has 1 saturated heterocycles. The fourth-order valence-electron chi connectivity index (χ4n) is 3.96. The maximum atomic E-state index is 12.7. The fraction of sp³-hybridized carbons (Fsp3) is 0.600. The molecule has 128 valence electrons. The highest BCUT2D eigenvalue weighted by Gasteiger charge is 2.44. The first-order chi connectivity index (χ1) is 11.5. The molecule has 1 heterocycles. The lowest BCUT2D eigenvalue weighted by Gasteiger charge is -2.22. The lowest BCUT2D eigenvalue weighted by molar-refractivity contribution is -0.127. The smallest absolute Gasteiger partial charge is 0.227 e. The predicted molar refractivity (Wildman–Crippen MR) is 93.8 cm³/mol. The molecule has 4 heteroatoms. The third-order valence-corrected chi connectivity index (χ3v) is 5.93. The van der Waals surface area contributed by atoms with Gasteiger partial charge in [0.05, 0.1) is 5.92 Å². The number of benzene rings is 1. The average Bonchev–Trinajstić information content (AvgIpc) is 3.46. The largest absolute Gasteiger partial charge is 0.353 e. The maximum Gasteiger partial charge on any atom is 0.227 e. The van der Waals surface area contributed by atoms with E-state index in [0.717, 1.165) is 11.3 Å². The van der Waals surface area contributed by atoms with Gasteiger partial charge >= 0.3 is 0 Å². The van der Waals surface area contributed by atoms with Gasteiger partial charge in [0.1, 0.15) is 0 Å². The van der Waals surface area contributed by atoms with E-state index in [-0.39, 0.29) is 17.7 Å². The Balaban J connectivity index is 1.45. The molecule has 4 nitrogen and oxygen atoms in total. The number of aryl methyl sites for hydroxylation is 1. The van der Waals surface area contributed by atoms with Crippen molar-refractivity contribution < 1.29 is 9.59 Å². The normalized spacial score (nSPS) is 23.9. The first-order valence-electron chi connectivity index (χ1n) is 9.21. The summed E-state index contributed by atoms with van der Waals surface area (Å²) in [4.78, 5) is 27.0. The van der Waals surface area contributed by atoms with Gasteiger partial charge in [0, 0.05) is 24.7 Å². The van der Waals surface area contributed by atoms with E-state index >= 15 is 0 Å². The Morgan fingerprint density at radius 1 is 1.17 bits per heavy atom. The molecule has 2 aliphatic carbocycles. The van der Waals surface area contributed by atoms with Gasteiger partial charge in [-0.25, -0.2) is 0 Å². The molecule has 1 N–H and O–H groups in total. The third-order valence-electron chi connectivity index (χ3n) is 5.93. The lowest BCUT2D eigenvalue weighted by Crippen LogP contribution is -2.42. The number of amides is 2. The van der Waals surface area contributed by atoms with E-state index in [0.29, 0.717) is 30.8 Å². The Kier molecular flexibility index (Phi) is 3.86. The Labute approximate surface area is 143 Å². The van der Waals surface area contributed by atoms with Crippen molar-refractivity contribution in [2.24, 2.45) is 17.8 Å². The molecule has 3 aliphatic rings. The van der Waals surface area contributed by atoms with Gasteiger partial charge in [-0.05, 0) is 68.6 Å². The summed E-state index contributed by atoms with van der Waals surface area (Å²) in [5, 5.41) is 3.28. The Morgan fingerprint density at radius 3 is 2.46 bits per heavy atom. The number of nitrogens with zero attached hydrogens (tertiary/aromatic N) is 1. The van der Waals surface area contributed by atoms with E-state index in [1.165, 1.54) is 31.2 Å². The summed E-state index contributed by atoms with van der Waals surface area (Å²) in [6.45, 7) is 4.61. The van der Waals surface area contributed by atoms with Crippen LogP contribution in [0.2, 0.25) is 0 Å². The van der Waals surface area contributed by atoms with Crippen molar-refractivity contribution in [2.45, 2.75) is 52.0 Å². The van der Waals surface area contributed by atoms with Crippen LogP contribution < -0.4 is 10.2 Å². The molecule has 0 spiro atoms. The quantitative estimate of drug-likeness (QED) is 0.904. The Morgan fingerprint density at radius 2 is 1.83 bits per heavy atom. The van der Waals surface area contributed by atoms with Gasteiger partial charge in [-0.2, -0.15) is 0 Å². The van der Waals surface area contributed by atoms with E-state index < -0.39 is 0 Å². The third kappa shape index (κ3) is 2.94. The standard InChI is InChI=1S/C20H26N2O2/c1-12-4-3-5-17(13(12)2)22-11-16(10-18(22)23)20(24)21-19(14-6-7-14)15-8-9-15/h3-5,14-16,19H,6-11H2,1-2H3,(H,21,24)/t16-/m1/s1. The Bertz CT molecular complexity index is 664. The van der Waals surface area contributed by atoms with Crippen molar-refractivity contribution >= 4 is 17.5 Å². The predicted octanol–water partition coefficient (Wildman–Crippen LogP) is 2.96. The SMILES string of the molecule is Cc1cccc(N2C[C@H](C(=O)NC(C3CC3)C3CC3)CC2=O)c1C. The highest BCUT2D eigenvalue weighted by molar-refractivity contribution is 6.01. The van der Waals surface area contributed by atoms with E-state index in [9.17, 15) is 9.59 Å². The fourth-order valence-corrected chi connectivity index (χ4v) is 3.96. The van der Waals surface area contributed by atoms with Gasteiger partial charge in [-0.15, -0.1) is 0 Å². The topological polar surface area (TPSA) is 49.4 Å². The van der Waals surface area contributed by atoms with Crippen LogP contribution in [-0.2, 0) is 9.59 Å². The molecule has 0 aromatic heterocycles. The number of carbonyl (C=O) groups is 2. The Hall–Kier alpha value is -1.84. The van der Waals surface area contributed by atoms with Crippen LogP contribution in [0, 0.1) is 31.6 Å². The minimum absolute atomic E-state index is 0.0678. The molecule has 1 atom stereocenters. The molecule has 1 aliphatic heterocycles. The summed E-state index contributed by atoms with van der Waals surface area (Å²) < 4.78 is 0. The van der Waals surface area contributed by atoms with Crippen LogP contribution in [0.3, 0.4) is 0 Å². The number of anilines is 1. The van der Waals surface area contributed by atoms with Crippen molar-refractivity contribution in [3.63, 3.8) is 0 Å². The molecule has 4 rings (SSSR count). The van der Waals surface area contributed by atoms with Gasteiger partial charge < -0.3 is 10.2 Å². The number of nitrogens with one attached hydrogen (secondary N) is 1. The van der Waals surface area contributed by atoms with E-state index in [2.05, 4.69) is 18.3 Å². The summed E-state index contributed by atoms with van der Waals surface area (Å²) in [5.74, 6) is 1.32.